The summed E-state index contributed by atoms with van der Waals surface area (Å²) >= 11 is 1.85. The maximum Gasteiger partial charge on any atom is 0.191 e. The SMILES string of the molecule is CCNC(=NCC(c1cccs1)N1CCCC1)NC(C)C(C)C.I. The second kappa shape index (κ2) is 11.3. The topological polar surface area (TPSA) is 39.7 Å². The molecule has 6 heteroatoms. The highest BCUT2D eigenvalue weighted by Gasteiger charge is 2.24. The summed E-state index contributed by atoms with van der Waals surface area (Å²) in [6.45, 7) is 12.9. The number of nitrogens with one attached hydrogen (secondary N) is 2. The minimum atomic E-state index is 0. The first-order valence-electron chi connectivity index (χ1n) is 8.94. The highest BCUT2D eigenvalue weighted by atomic mass is 127. The first-order valence-corrected chi connectivity index (χ1v) is 9.82. The summed E-state index contributed by atoms with van der Waals surface area (Å²) in [5.74, 6) is 1.53. The van der Waals surface area contributed by atoms with Gasteiger partial charge in [-0.25, -0.2) is 0 Å². The van der Waals surface area contributed by atoms with Gasteiger partial charge in [0.05, 0.1) is 12.6 Å². The zero-order valence-electron chi connectivity index (χ0n) is 15.4. The lowest BCUT2D eigenvalue weighted by Gasteiger charge is -2.26. The van der Waals surface area contributed by atoms with Crippen molar-refractivity contribution < 1.29 is 0 Å². The molecule has 0 saturated carbocycles. The molecular formula is C18H33IN4S. The third-order valence-electron chi connectivity index (χ3n) is 4.58. The zero-order valence-corrected chi connectivity index (χ0v) is 18.6. The van der Waals surface area contributed by atoms with Crippen LogP contribution in [0.3, 0.4) is 0 Å². The summed E-state index contributed by atoms with van der Waals surface area (Å²) in [4.78, 5) is 8.92. The summed E-state index contributed by atoms with van der Waals surface area (Å²) in [6.07, 6.45) is 2.63. The molecule has 2 rings (SSSR count). The van der Waals surface area contributed by atoms with Gasteiger partial charge in [-0.2, -0.15) is 0 Å². The van der Waals surface area contributed by atoms with Crippen LogP contribution in [0.2, 0.25) is 0 Å². The summed E-state index contributed by atoms with van der Waals surface area (Å²) in [5.41, 5.74) is 0. The van der Waals surface area contributed by atoms with E-state index in [4.69, 9.17) is 4.99 Å². The van der Waals surface area contributed by atoms with Crippen molar-refractivity contribution in [3.05, 3.63) is 22.4 Å². The van der Waals surface area contributed by atoms with E-state index in [1.807, 2.05) is 11.3 Å². The number of aliphatic imine (C=N–C) groups is 1. The van der Waals surface area contributed by atoms with Crippen molar-refractivity contribution in [3.63, 3.8) is 0 Å². The Kier molecular flexibility index (Phi) is 10.2. The maximum atomic E-state index is 4.90. The number of likely N-dealkylation sites (tertiary alicyclic amines) is 1. The van der Waals surface area contributed by atoms with E-state index in [1.165, 1.54) is 30.8 Å². The van der Waals surface area contributed by atoms with Gasteiger partial charge in [-0.15, -0.1) is 35.3 Å². The van der Waals surface area contributed by atoms with E-state index in [9.17, 15) is 0 Å². The van der Waals surface area contributed by atoms with E-state index < -0.39 is 0 Å². The standard InChI is InChI=1S/C18H32N4S.HI/c1-5-19-18(21-15(4)14(2)3)20-13-16(17-9-8-12-23-17)22-10-6-7-11-22;/h8-9,12,14-16H,5-7,10-11,13H2,1-4H3,(H2,19,20,21);1H. The van der Waals surface area contributed by atoms with E-state index in [-0.39, 0.29) is 24.0 Å². The Morgan fingerprint density at radius 1 is 1.29 bits per heavy atom. The number of halogens is 1. The molecule has 2 heterocycles. The number of guanidine groups is 1. The Morgan fingerprint density at radius 2 is 2.00 bits per heavy atom. The van der Waals surface area contributed by atoms with Crippen LogP contribution in [0, 0.1) is 5.92 Å². The Hall–Kier alpha value is -0.340. The van der Waals surface area contributed by atoms with Crippen molar-refractivity contribution in [2.24, 2.45) is 10.9 Å². The van der Waals surface area contributed by atoms with Gasteiger partial charge in [0.15, 0.2) is 5.96 Å². The van der Waals surface area contributed by atoms with Gasteiger partial charge in [0.1, 0.15) is 0 Å². The van der Waals surface area contributed by atoms with Gasteiger partial charge in [-0.3, -0.25) is 9.89 Å². The van der Waals surface area contributed by atoms with Gasteiger partial charge in [0.25, 0.3) is 0 Å². The quantitative estimate of drug-likeness (QED) is 0.363. The van der Waals surface area contributed by atoms with Crippen LogP contribution < -0.4 is 10.6 Å². The van der Waals surface area contributed by atoms with Gasteiger partial charge >= 0.3 is 0 Å². The van der Waals surface area contributed by atoms with Crippen molar-refractivity contribution in [3.8, 4) is 0 Å². The second-order valence-corrected chi connectivity index (χ2v) is 7.65. The van der Waals surface area contributed by atoms with Gasteiger partial charge in [-0.1, -0.05) is 19.9 Å². The molecule has 0 aliphatic carbocycles. The molecule has 1 aliphatic heterocycles. The number of thiophene rings is 1. The predicted molar refractivity (Wildman–Crippen MR) is 117 cm³/mol. The summed E-state index contributed by atoms with van der Waals surface area (Å²) in [7, 11) is 0. The Bertz CT molecular complexity index is 469. The molecule has 0 spiro atoms. The van der Waals surface area contributed by atoms with Crippen LogP contribution in [0.5, 0.6) is 0 Å². The zero-order chi connectivity index (χ0) is 16.7. The minimum absolute atomic E-state index is 0. The largest absolute Gasteiger partial charge is 0.357 e. The maximum absolute atomic E-state index is 4.90. The van der Waals surface area contributed by atoms with Crippen molar-refractivity contribution in [2.45, 2.75) is 52.6 Å². The fourth-order valence-electron chi connectivity index (χ4n) is 2.80. The molecule has 0 amide bonds. The molecular weight excluding hydrogens is 431 g/mol. The summed E-state index contributed by atoms with van der Waals surface area (Å²) < 4.78 is 0. The molecule has 2 N–H and O–H groups in total. The normalized spacial score (nSPS) is 18.3. The van der Waals surface area contributed by atoms with E-state index in [0.29, 0.717) is 18.0 Å². The third kappa shape index (κ3) is 6.52. The number of hydrogen-bond donors (Lipinski definition) is 2. The van der Waals surface area contributed by atoms with Crippen LogP contribution in [0.4, 0.5) is 0 Å². The second-order valence-electron chi connectivity index (χ2n) is 6.67. The van der Waals surface area contributed by atoms with Gasteiger partial charge < -0.3 is 10.6 Å². The van der Waals surface area contributed by atoms with E-state index in [1.54, 1.807) is 0 Å². The molecule has 24 heavy (non-hydrogen) atoms. The first kappa shape index (κ1) is 21.7. The van der Waals surface area contributed by atoms with Crippen molar-refractivity contribution in [1.29, 1.82) is 0 Å². The molecule has 1 saturated heterocycles. The Balaban J connectivity index is 0.00000288. The minimum Gasteiger partial charge on any atom is -0.357 e. The lowest BCUT2D eigenvalue weighted by Crippen LogP contribution is -2.44. The predicted octanol–water partition coefficient (Wildman–Crippen LogP) is 4.10. The molecule has 1 aromatic rings. The van der Waals surface area contributed by atoms with Crippen molar-refractivity contribution in [2.75, 3.05) is 26.2 Å². The number of nitrogens with zero attached hydrogens (tertiary/aromatic N) is 2. The lowest BCUT2D eigenvalue weighted by molar-refractivity contribution is 0.255. The lowest BCUT2D eigenvalue weighted by atomic mass is 10.1. The molecule has 1 aromatic heterocycles. The molecule has 0 aromatic carbocycles. The van der Waals surface area contributed by atoms with Crippen LogP contribution in [-0.4, -0.2) is 43.1 Å². The molecule has 0 radical (unpaired) electrons. The molecule has 4 nitrogen and oxygen atoms in total. The Labute approximate surface area is 168 Å². The molecule has 1 fully saturated rings. The highest BCUT2D eigenvalue weighted by molar-refractivity contribution is 14.0. The van der Waals surface area contributed by atoms with Crippen LogP contribution in [0.25, 0.3) is 0 Å². The van der Waals surface area contributed by atoms with Gasteiger partial charge in [0, 0.05) is 17.5 Å². The van der Waals surface area contributed by atoms with E-state index in [2.05, 4.69) is 60.7 Å². The number of rotatable bonds is 7. The molecule has 0 bridgehead atoms. The fourth-order valence-corrected chi connectivity index (χ4v) is 3.65. The molecule has 1 aliphatic rings. The van der Waals surface area contributed by atoms with Gasteiger partial charge in [-0.05, 0) is 57.1 Å². The van der Waals surface area contributed by atoms with Crippen LogP contribution >= 0.6 is 35.3 Å². The van der Waals surface area contributed by atoms with E-state index in [0.717, 1.165) is 19.0 Å². The van der Waals surface area contributed by atoms with Crippen molar-refractivity contribution in [1.82, 2.24) is 15.5 Å². The molecule has 2 atom stereocenters. The average Bonchev–Trinajstić information content (AvgIpc) is 3.21. The fraction of sp³-hybridized carbons (Fsp3) is 0.722. The van der Waals surface area contributed by atoms with Gasteiger partial charge in [0.2, 0.25) is 0 Å². The third-order valence-corrected chi connectivity index (χ3v) is 5.56. The molecule has 2 unspecified atom stereocenters. The first-order chi connectivity index (χ1) is 11.1. The monoisotopic (exact) mass is 464 g/mol. The smallest absolute Gasteiger partial charge is 0.191 e. The highest BCUT2D eigenvalue weighted by Crippen LogP contribution is 2.28. The molecule has 138 valence electrons. The van der Waals surface area contributed by atoms with Crippen LogP contribution in [0.1, 0.15) is 51.5 Å². The summed E-state index contributed by atoms with van der Waals surface area (Å²) in [5, 5.41) is 9.09. The Morgan fingerprint density at radius 3 is 2.54 bits per heavy atom. The van der Waals surface area contributed by atoms with E-state index >= 15 is 0 Å². The van der Waals surface area contributed by atoms with Crippen LogP contribution in [-0.2, 0) is 0 Å². The van der Waals surface area contributed by atoms with Crippen molar-refractivity contribution >= 4 is 41.3 Å². The average molecular weight is 464 g/mol. The summed E-state index contributed by atoms with van der Waals surface area (Å²) in [6, 6.07) is 5.24. The number of hydrogen-bond acceptors (Lipinski definition) is 3. The van der Waals surface area contributed by atoms with Crippen LogP contribution in [0.15, 0.2) is 22.5 Å².